The number of nitrogens with two attached hydrogens (primary N) is 1. The Balaban J connectivity index is 2.15. The van der Waals surface area contributed by atoms with Gasteiger partial charge >= 0.3 is 0 Å². The van der Waals surface area contributed by atoms with Crippen molar-refractivity contribution in [3.05, 3.63) is 11.9 Å². The number of aromatic nitrogens is 2. The van der Waals surface area contributed by atoms with Crippen LogP contribution in [0.25, 0.3) is 0 Å². The predicted molar refractivity (Wildman–Crippen MR) is 71.3 cm³/mol. The molecule has 2 heterocycles. The van der Waals surface area contributed by atoms with Crippen LogP contribution in [0.2, 0.25) is 0 Å². The van der Waals surface area contributed by atoms with Crippen molar-refractivity contribution in [3.8, 4) is 0 Å². The monoisotopic (exact) mass is 236 g/mol. The van der Waals surface area contributed by atoms with Gasteiger partial charge in [-0.25, -0.2) is 4.98 Å². The summed E-state index contributed by atoms with van der Waals surface area (Å²) in [5, 5.41) is 0. The minimum atomic E-state index is 0.316. The minimum absolute atomic E-state index is 0.316. The van der Waals surface area contributed by atoms with Crippen molar-refractivity contribution >= 4 is 5.95 Å². The Hall–Kier alpha value is -1.03. The van der Waals surface area contributed by atoms with Crippen molar-refractivity contribution in [2.75, 3.05) is 18.0 Å². The fourth-order valence-electron chi connectivity index (χ4n) is 2.34. The zero-order chi connectivity index (χ0) is 12.3. The second-order valence-corrected chi connectivity index (χ2v) is 4.93. The Labute approximate surface area is 104 Å². The van der Waals surface area contributed by atoms with Crippen molar-refractivity contribution in [1.82, 2.24) is 9.55 Å². The normalized spacial score (nSPS) is 20.2. The molecule has 0 bridgehead atoms. The largest absolute Gasteiger partial charge is 0.341 e. The highest BCUT2D eigenvalue weighted by atomic mass is 15.3. The molecule has 1 aromatic heterocycles. The molecule has 0 saturated carbocycles. The second-order valence-electron chi connectivity index (χ2n) is 4.93. The van der Waals surface area contributed by atoms with E-state index in [2.05, 4.69) is 29.5 Å². The highest BCUT2D eigenvalue weighted by Gasteiger charge is 2.23. The first-order valence-electron chi connectivity index (χ1n) is 6.81. The molecule has 1 aliphatic rings. The van der Waals surface area contributed by atoms with Gasteiger partial charge < -0.3 is 15.2 Å². The molecular formula is C13H24N4. The molecule has 1 unspecified atom stereocenters. The first-order valence-corrected chi connectivity index (χ1v) is 6.81. The molecule has 2 N–H and O–H groups in total. The van der Waals surface area contributed by atoms with E-state index in [1.807, 2.05) is 0 Å². The fourth-order valence-corrected chi connectivity index (χ4v) is 2.34. The Morgan fingerprint density at radius 2 is 2.29 bits per heavy atom. The summed E-state index contributed by atoms with van der Waals surface area (Å²) in [5.74, 6) is 1.13. The molecule has 96 valence electrons. The summed E-state index contributed by atoms with van der Waals surface area (Å²) in [6, 6.07) is 0.316. The van der Waals surface area contributed by atoms with Crippen molar-refractivity contribution in [2.24, 2.45) is 5.73 Å². The van der Waals surface area contributed by atoms with E-state index < -0.39 is 0 Å². The van der Waals surface area contributed by atoms with E-state index in [1.54, 1.807) is 0 Å². The maximum absolute atomic E-state index is 5.97. The van der Waals surface area contributed by atoms with Gasteiger partial charge in [-0.15, -0.1) is 0 Å². The molecular weight excluding hydrogens is 212 g/mol. The maximum atomic E-state index is 5.97. The van der Waals surface area contributed by atoms with Crippen LogP contribution >= 0.6 is 0 Å². The molecule has 0 spiro atoms. The van der Waals surface area contributed by atoms with Gasteiger partial charge in [0.1, 0.15) is 0 Å². The molecule has 1 fully saturated rings. The molecule has 1 aromatic rings. The summed E-state index contributed by atoms with van der Waals surface area (Å²) in [6.45, 7) is 7.46. The van der Waals surface area contributed by atoms with E-state index in [-0.39, 0.29) is 0 Å². The first kappa shape index (κ1) is 12.4. The van der Waals surface area contributed by atoms with Crippen LogP contribution in [-0.2, 0) is 13.0 Å². The molecule has 2 rings (SSSR count). The number of unbranched alkanes of at least 4 members (excludes halogenated alkanes) is 1. The Morgan fingerprint density at radius 1 is 1.47 bits per heavy atom. The van der Waals surface area contributed by atoms with E-state index in [1.165, 1.54) is 18.5 Å². The third-order valence-electron chi connectivity index (χ3n) is 3.43. The predicted octanol–water partition coefficient (Wildman–Crippen LogP) is 1.78. The molecule has 4 heteroatoms. The molecule has 0 aliphatic carbocycles. The van der Waals surface area contributed by atoms with Gasteiger partial charge in [-0.3, -0.25) is 0 Å². The van der Waals surface area contributed by atoms with Crippen molar-refractivity contribution in [3.63, 3.8) is 0 Å². The quantitative estimate of drug-likeness (QED) is 0.847. The van der Waals surface area contributed by atoms with Gasteiger partial charge in [0.15, 0.2) is 0 Å². The number of nitrogens with zero attached hydrogens (tertiary/aromatic N) is 3. The van der Waals surface area contributed by atoms with Gasteiger partial charge in [-0.1, -0.05) is 20.3 Å². The third-order valence-corrected chi connectivity index (χ3v) is 3.43. The highest BCUT2D eigenvalue weighted by Crippen LogP contribution is 2.20. The van der Waals surface area contributed by atoms with E-state index in [9.17, 15) is 0 Å². The Bertz CT molecular complexity index is 358. The molecule has 17 heavy (non-hydrogen) atoms. The van der Waals surface area contributed by atoms with Crippen molar-refractivity contribution < 1.29 is 0 Å². The lowest BCUT2D eigenvalue weighted by Gasteiger charge is -2.18. The Morgan fingerprint density at radius 3 is 2.88 bits per heavy atom. The molecule has 1 saturated heterocycles. The first-order chi connectivity index (χ1) is 8.24. The number of anilines is 1. The van der Waals surface area contributed by atoms with Gasteiger partial charge in [0.2, 0.25) is 5.95 Å². The Kier molecular flexibility index (Phi) is 4.05. The average Bonchev–Trinajstić information content (AvgIpc) is 2.92. The molecule has 4 nitrogen and oxygen atoms in total. The summed E-state index contributed by atoms with van der Waals surface area (Å²) in [7, 11) is 0. The summed E-state index contributed by atoms with van der Waals surface area (Å²) in [6.07, 6.45) is 6.73. The summed E-state index contributed by atoms with van der Waals surface area (Å²) >= 11 is 0. The number of imidazole rings is 1. The van der Waals surface area contributed by atoms with Crippen LogP contribution in [0.1, 0.15) is 38.8 Å². The van der Waals surface area contributed by atoms with Crippen LogP contribution in [0.3, 0.4) is 0 Å². The molecule has 0 amide bonds. The number of aryl methyl sites for hydroxylation is 2. The van der Waals surface area contributed by atoms with Gasteiger partial charge in [-0.2, -0.15) is 0 Å². The second kappa shape index (κ2) is 5.54. The lowest BCUT2D eigenvalue weighted by molar-refractivity contribution is 0.622. The molecule has 0 aromatic carbocycles. The summed E-state index contributed by atoms with van der Waals surface area (Å²) in [4.78, 5) is 7.06. The minimum Gasteiger partial charge on any atom is -0.341 e. The standard InChI is InChI=1S/C13H24N4/c1-3-5-7-16-10-12(4-2)15-13(16)17-8-6-11(14)9-17/h10-11H,3-9,14H2,1-2H3. The lowest BCUT2D eigenvalue weighted by atomic mass is 10.3. The number of rotatable bonds is 5. The zero-order valence-corrected chi connectivity index (χ0v) is 11.0. The van der Waals surface area contributed by atoms with Gasteiger partial charge in [-0.05, 0) is 19.3 Å². The van der Waals surface area contributed by atoms with Crippen LogP contribution in [0.15, 0.2) is 6.20 Å². The van der Waals surface area contributed by atoms with Crippen LogP contribution in [0, 0.1) is 0 Å². The van der Waals surface area contributed by atoms with E-state index in [4.69, 9.17) is 10.7 Å². The average molecular weight is 236 g/mol. The van der Waals surface area contributed by atoms with Crippen LogP contribution in [0.4, 0.5) is 5.95 Å². The SMILES string of the molecule is CCCCn1cc(CC)nc1N1CCC(N)C1. The third kappa shape index (κ3) is 2.80. The summed E-state index contributed by atoms with van der Waals surface area (Å²) in [5.41, 5.74) is 7.16. The van der Waals surface area contributed by atoms with Crippen molar-refractivity contribution in [1.29, 1.82) is 0 Å². The molecule has 0 radical (unpaired) electrons. The van der Waals surface area contributed by atoms with Crippen LogP contribution < -0.4 is 10.6 Å². The maximum Gasteiger partial charge on any atom is 0.205 e. The van der Waals surface area contributed by atoms with Crippen LogP contribution in [0.5, 0.6) is 0 Å². The molecule has 1 aliphatic heterocycles. The van der Waals surface area contributed by atoms with E-state index in [0.717, 1.165) is 38.4 Å². The van der Waals surface area contributed by atoms with Crippen LogP contribution in [-0.4, -0.2) is 28.7 Å². The van der Waals surface area contributed by atoms with Gasteiger partial charge in [0.05, 0.1) is 5.69 Å². The van der Waals surface area contributed by atoms with Gasteiger partial charge in [0, 0.05) is 31.9 Å². The van der Waals surface area contributed by atoms with E-state index >= 15 is 0 Å². The highest BCUT2D eigenvalue weighted by molar-refractivity contribution is 5.35. The summed E-state index contributed by atoms with van der Waals surface area (Å²) < 4.78 is 2.31. The van der Waals surface area contributed by atoms with Crippen molar-refractivity contribution in [2.45, 2.75) is 52.1 Å². The zero-order valence-electron chi connectivity index (χ0n) is 11.0. The molecule has 1 atom stereocenters. The number of hydrogen-bond acceptors (Lipinski definition) is 3. The smallest absolute Gasteiger partial charge is 0.205 e. The fraction of sp³-hybridized carbons (Fsp3) is 0.769. The topological polar surface area (TPSA) is 47.1 Å². The number of hydrogen-bond donors (Lipinski definition) is 1. The lowest BCUT2D eigenvalue weighted by Crippen LogP contribution is -2.28. The van der Waals surface area contributed by atoms with Gasteiger partial charge in [0.25, 0.3) is 0 Å². The van der Waals surface area contributed by atoms with E-state index in [0.29, 0.717) is 6.04 Å².